The predicted molar refractivity (Wildman–Crippen MR) is 123 cm³/mol. The van der Waals surface area contributed by atoms with Gasteiger partial charge in [-0.2, -0.15) is 5.26 Å². The summed E-state index contributed by atoms with van der Waals surface area (Å²) in [6, 6.07) is 20.4. The first-order chi connectivity index (χ1) is 15.1. The second-order valence-corrected chi connectivity index (χ2v) is 8.80. The third-order valence-electron chi connectivity index (χ3n) is 5.47. The Morgan fingerprint density at radius 2 is 2.03 bits per heavy atom. The summed E-state index contributed by atoms with van der Waals surface area (Å²) in [6.45, 7) is 1.89. The fourth-order valence-corrected chi connectivity index (χ4v) is 4.82. The number of amides is 1. The smallest absolute Gasteiger partial charge is 0.226 e. The highest BCUT2D eigenvalue weighted by atomic mass is 32.2. The quantitative estimate of drug-likeness (QED) is 0.556. The van der Waals surface area contributed by atoms with Crippen LogP contribution in [0.1, 0.15) is 46.8 Å². The number of benzene rings is 1. The standard InChI is InChI=1S/C25H24N4OS/c1-17-6-5-9-23(27-17)29-24(30)12-13-31-25-21(16-26)15-20-14-19(10-11-22(20)28-25)18-7-3-2-4-8-18/h2-9,15,19H,10-14H2,1H3,(H,27,29,30). The van der Waals surface area contributed by atoms with Gasteiger partial charge in [0.15, 0.2) is 0 Å². The SMILES string of the molecule is Cc1cccc(NC(=O)CCSc2nc3c(cc2C#N)CC(c2ccccc2)CC3)n1. The monoisotopic (exact) mass is 428 g/mol. The molecule has 156 valence electrons. The largest absolute Gasteiger partial charge is 0.311 e. The van der Waals surface area contributed by atoms with Gasteiger partial charge in [-0.3, -0.25) is 4.79 Å². The molecule has 0 radical (unpaired) electrons. The molecule has 0 saturated carbocycles. The van der Waals surface area contributed by atoms with Crippen LogP contribution in [0.4, 0.5) is 5.82 Å². The van der Waals surface area contributed by atoms with Crippen molar-refractivity contribution in [3.8, 4) is 6.07 Å². The second kappa shape index (κ2) is 9.76. The molecule has 6 heteroatoms. The number of rotatable bonds is 6. The minimum Gasteiger partial charge on any atom is -0.311 e. The summed E-state index contributed by atoms with van der Waals surface area (Å²) in [5.41, 5.74) is 5.06. The highest BCUT2D eigenvalue weighted by Gasteiger charge is 2.23. The summed E-state index contributed by atoms with van der Waals surface area (Å²) in [5, 5.41) is 13.2. The molecule has 1 aromatic carbocycles. The average molecular weight is 429 g/mol. The molecule has 5 nitrogen and oxygen atoms in total. The number of aromatic nitrogens is 2. The fraction of sp³-hybridized carbons (Fsp3) is 0.280. The van der Waals surface area contributed by atoms with Crippen LogP contribution in [0.2, 0.25) is 0 Å². The topological polar surface area (TPSA) is 78.7 Å². The number of carbonyl (C=O) groups is 1. The van der Waals surface area contributed by atoms with Crippen LogP contribution in [-0.4, -0.2) is 21.6 Å². The number of pyridine rings is 2. The van der Waals surface area contributed by atoms with Gasteiger partial charge in [-0.15, -0.1) is 11.8 Å². The number of nitrogens with zero attached hydrogens (tertiary/aromatic N) is 3. The predicted octanol–water partition coefficient (Wildman–Crippen LogP) is 5.05. The maximum Gasteiger partial charge on any atom is 0.226 e. The Morgan fingerprint density at radius 3 is 2.81 bits per heavy atom. The Kier molecular flexibility index (Phi) is 6.63. The van der Waals surface area contributed by atoms with Crippen LogP contribution in [0.25, 0.3) is 0 Å². The van der Waals surface area contributed by atoms with Crippen LogP contribution in [0.3, 0.4) is 0 Å². The van der Waals surface area contributed by atoms with Crippen molar-refractivity contribution in [2.45, 2.75) is 43.6 Å². The van der Waals surface area contributed by atoms with E-state index >= 15 is 0 Å². The molecule has 1 amide bonds. The maximum absolute atomic E-state index is 12.2. The Hall–Kier alpha value is -3.17. The van der Waals surface area contributed by atoms with Gasteiger partial charge in [0, 0.05) is 23.6 Å². The Labute approximate surface area is 186 Å². The molecule has 1 aliphatic carbocycles. The van der Waals surface area contributed by atoms with Gasteiger partial charge in [-0.05, 0) is 61.4 Å². The molecule has 0 aliphatic heterocycles. The number of hydrogen-bond donors (Lipinski definition) is 1. The van der Waals surface area contributed by atoms with Crippen LogP contribution in [0.5, 0.6) is 0 Å². The van der Waals surface area contributed by atoms with E-state index in [1.54, 1.807) is 6.07 Å². The first kappa shape index (κ1) is 21.1. The van der Waals surface area contributed by atoms with E-state index in [9.17, 15) is 10.1 Å². The summed E-state index contributed by atoms with van der Waals surface area (Å²) in [4.78, 5) is 21.3. The van der Waals surface area contributed by atoms with Crippen molar-refractivity contribution in [3.63, 3.8) is 0 Å². The molecule has 3 aromatic rings. The van der Waals surface area contributed by atoms with Gasteiger partial charge < -0.3 is 5.32 Å². The molecule has 1 N–H and O–H groups in total. The van der Waals surface area contributed by atoms with Crippen LogP contribution in [-0.2, 0) is 17.6 Å². The lowest BCUT2D eigenvalue weighted by Gasteiger charge is -2.25. The molecule has 1 aliphatic rings. The van der Waals surface area contributed by atoms with Crippen LogP contribution < -0.4 is 5.32 Å². The van der Waals surface area contributed by atoms with E-state index < -0.39 is 0 Å². The first-order valence-electron chi connectivity index (χ1n) is 10.5. The number of thioether (sulfide) groups is 1. The zero-order valence-electron chi connectivity index (χ0n) is 17.5. The molecule has 4 rings (SSSR count). The van der Waals surface area contributed by atoms with Gasteiger partial charge >= 0.3 is 0 Å². The Morgan fingerprint density at radius 1 is 1.19 bits per heavy atom. The van der Waals surface area contributed by atoms with Crippen LogP contribution in [0, 0.1) is 18.3 Å². The van der Waals surface area contributed by atoms with Crippen molar-refractivity contribution >= 4 is 23.5 Å². The lowest BCUT2D eigenvalue weighted by Crippen LogP contribution is -2.15. The molecular weight excluding hydrogens is 404 g/mol. The van der Waals surface area contributed by atoms with Gasteiger partial charge in [0.2, 0.25) is 5.91 Å². The lowest BCUT2D eigenvalue weighted by molar-refractivity contribution is -0.115. The van der Waals surface area contributed by atoms with Crippen molar-refractivity contribution in [1.29, 1.82) is 5.26 Å². The van der Waals surface area contributed by atoms with E-state index in [1.165, 1.54) is 22.9 Å². The van der Waals surface area contributed by atoms with Gasteiger partial charge in [-0.1, -0.05) is 36.4 Å². The number of anilines is 1. The number of fused-ring (bicyclic) bond motifs is 1. The average Bonchev–Trinajstić information content (AvgIpc) is 2.79. The minimum atomic E-state index is -0.0900. The Bertz CT molecular complexity index is 1120. The van der Waals surface area contributed by atoms with Crippen molar-refractivity contribution in [3.05, 3.63) is 82.7 Å². The summed E-state index contributed by atoms with van der Waals surface area (Å²) in [6.07, 6.45) is 3.22. The Balaban J connectivity index is 1.38. The minimum absolute atomic E-state index is 0.0900. The third kappa shape index (κ3) is 5.31. The number of hydrogen-bond acceptors (Lipinski definition) is 5. The van der Waals surface area contributed by atoms with Crippen molar-refractivity contribution in [2.75, 3.05) is 11.1 Å². The summed E-state index contributed by atoms with van der Waals surface area (Å²) in [7, 11) is 0. The molecule has 2 heterocycles. The van der Waals surface area contributed by atoms with E-state index in [1.807, 2.05) is 31.2 Å². The normalized spacial score (nSPS) is 15.0. The molecule has 1 unspecified atom stereocenters. The lowest BCUT2D eigenvalue weighted by atomic mass is 9.82. The van der Waals surface area contributed by atoms with Gasteiger partial charge in [0.1, 0.15) is 16.9 Å². The van der Waals surface area contributed by atoms with Gasteiger partial charge in [0.05, 0.1) is 5.56 Å². The van der Waals surface area contributed by atoms with Crippen molar-refractivity contribution < 1.29 is 4.79 Å². The van der Waals surface area contributed by atoms with Crippen molar-refractivity contribution in [1.82, 2.24) is 9.97 Å². The molecule has 0 saturated heterocycles. The van der Waals surface area contributed by atoms with E-state index in [2.05, 4.69) is 40.6 Å². The van der Waals surface area contributed by atoms with Gasteiger partial charge in [0.25, 0.3) is 0 Å². The van der Waals surface area contributed by atoms with E-state index in [0.717, 1.165) is 35.7 Å². The van der Waals surface area contributed by atoms with Gasteiger partial charge in [-0.25, -0.2) is 9.97 Å². The highest BCUT2D eigenvalue weighted by Crippen LogP contribution is 2.34. The van der Waals surface area contributed by atoms with Crippen LogP contribution in [0.15, 0.2) is 59.6 Å². The number of aryl methyl sites for hydroxylation is 2. The third-order valence-corrected chi connectivity index (χ3v) is 6.46. The van der Waals surface area contributed by atoms with E-state index in [-0.39, 0.29) is 5.91 Å². The van der Waals surface area contributed by atoms with Crippen molar-refractivity contribution in [2.24, 2.45) is 0 Å². The number of nitriles is 1. The van der Waals surface area contributed by atoms with Crippen LogP contribution >= 0.6 is 11.8 Å². The summed E-state index contributed by atoms with van der Waals surface area (Å²) in [5.74, 6) is 1.50. The number of carbonyl (C=O) groups excluding carboxylic acids is 1. The molecule has 2 aromatic heterocycles. The summed E-state index contributed by atoms with van der Waals surface area (Å²) >= 11 is 1.47. The zero-order chi connectivity index (χ0) is 21.6. The van der Waals surface area contributed by atoms with E-state index in [0.29, 0.717) is 29.5 Å². The highest BCUT2D eigenvalue weighted by molar-refractivity contribution is 7.99. The first-order valence-corrected chi connectivity index (χ1v) is 11.4. The van der Waals surface area contributed by atoms with E-state index in [4.69, 9.17) is 4.98 Å². The number of nitrogens with one attached hydrogen (secondary N) is 1. The molecule has 0 spiro atoms. The summed E-state index contributed by atoms with van der Waals surface area (Å²) < 4.78 is 0. The maximum atomic E-state index is 12.2. The molecular formula is C25H24N4OS. The molecule has 0 fully saturated rings. The zero-order valence-corrected chi connectivity index (χ0v) is 18.3. The molecule has 31 heavy (non-hydrogen) atoms. The fourth-order valence-electron chi connectivity index (χ4n) is 3.90. The molecule has 0 bridgehead atoms. The molecule has 1 atom stereocenters. The second-order valence-electron chi connectivity index (χ2n) is 7.72.